The molecule has 1 aromatic carbocycles. The zero-order chi connectivity index (χ0) is 9.30. The van der Waals surface area contributed by atoms with E-state index in [4.69, 9.17) is 0 Å². The van der Waals surface area contributed by atoms with E-state index < -0.39 is 0 Å². The molecular weight excluding hydrogens is 151 g/mol. The van der Waals surface area contributed by atoms with E-state index in [9.17, 15) is 4.39 Å². The Hall–Kier alpha value is -0.850. The second kappa shape index (κ2) is 3.26. The van der Waals surface area contributed by atoms with Crippen LogP contribution in [0.1, 0.15) is 36.5 Å². The van der Waals surface area contributed by atoms with E-state index >= 15 is 0 Å². The predicted octanol–water partition coefficient (Wildman–Crippen LogP) is 3.57. The van der Waals surface area contributed by atoms with Gasteiger partial charge in [0.2, 0.25) is 0 Å². The standard InChI is InChI=1S/C11H15F/c1-7(2)10-5-8(3)9(4)6-11(10)12/h5-7H,1-4H3. The fourth-order valence-electron chi connectivity index (χ4n) is 1.25. The van der Waals surface area contributed by atoms with Crippen molar-refractivity contribution < 1.29 is 4.39 Å². The highest BCUT2D eigenvalue weighted by Gasteiger charge is 2.07. The highest BCUT2D eigenvalue weighted by atomic mass is 19.1. The van der Waals surface area contributed by atoms with Crippen LogP contribution in [-0.2, 0) is 0 Å². The maximum Gasteiger partial charge on any atom is 0.126 e. The van der Waals surface area contributed by atoms with Gasteiger partial charge in [-0.05, 0) is 42.5 Å². The highest BCUT2D eigenvalue weighted by molar-refractivity contribution is 5.32. The van der Waals surface area contributed by atoms with Crippen LogP contribution in [0.5, 0.6) is 0 Å². The van der Waals surface area contributed by atoms with Crippen molar-refractivity contribution in [2.45, 2.75) is 33.6 Å². The third kappa shape index (κ3) is 1.66. The quantitative estimate of drug-likeness (QED) is 0.598. The Labute approximate surface area is 73.4 Å². The Bertz CT molecular complexity index is 287. The van der Waals surface area contributed by atoms with Gasteiger partial charge in [0.05, 0.1) is 0 Å². The molecule has 0 N–H and O–H groups in total. The molecule has 1 rings (SSSR count). The Morgan fingerprint density at radius 2 is 1.58 bits per heavy atom. The maximum absolute atomic E-state index is 13.3. The number of benzene rings is 1. The molecule has 0 amide bonds. The lowest BCUT2D eigenvalue weighted by atomic mass is 9.98. The largest absolute Gasteiger partial charge is 0.207 e. The molecule has 0 fully saturated rings. The van der Waals surface area contributed by atoms with Crippen LogP contribution in [0, 0.1) is 19.7 Å². The molecule has 0 aliphatic rings. The zero-order valence-corrected chi connectivity index (χ0v) is 8.11. The molecule has 0 aliphatic heterocycles. The molecule has 0 nitrogen and oxygen atoms in total. The van der Waals surface area contributed by atoms with Gasteiger partial charge in [0.25, 0.3) is 0 Å². The summed E-state index contributed by atoms with van der Waals surface area (Å²) in [6.07, 6.45) is 0. The number of hydrogen-bond acceptors (Lipinski definition) is 0. The van der Waals surface area contributed by atoms with Crippen LogP contribution in [0.15, 0.2) is 12.1 Å². The van der Waals surface area contributed by atoms with Crippen LogP contribution in [-0.4, -0.2) is 0 Å². The first kappa shape index (κ1) is 9.24. The van der Waals surface area contributed by atoms with Gasteiger partial charge >= 0.3 is 0 Å². The molecule has 0 saturated carbocycles. The lowest BCUT2D eigenvalue weighted by Gasteiger charge is -2.09. The van der Waals surface area contributed by atoms with Crippen LogP contribution < -0.4 is 0 Å². The number of aryl methyl sites for hydroxylation is 2. The van der Waals surface area contributed by atoms with E-state index in [0.29, 0.717) is 0 Å². The SMILES string of the molecule is Cc1cc(F)c(C(C)C)cc1C. The van der Waals surface area contributed by atoms with Gasteiger partial charge in [0.1, 0.15) is 5.82 Å². The van der Waals surface area contributed by atoms with E-state index in [2.05, 4.69) is 0 Å². The third-order valence-electron chi connectivity index (χ3n) is 2.24. The van der Waals surface area contributed by atoms with Crippen molar-refractivity contribution in [3.8, 4) is 0 Å². The highest BCUT2D eigenvalue weighted by Crippen LogP contribution is 2.21. The molecule has 1 aromatic rings. The van der Waals surface area contributed by atoms with Gasteiger partial charge in [-0.15, -0.1) is 0 Å². The van der Waals surface area contributed by atoms with Crippen molar-refractivity contribution in [2.24, 2.45) is 0 Å². The smallest absolute Gasteiger partial charge is 0.126 e. The fourth-order valence-corrected chi connectivity index (χ4v) is 1.25. The fraction of sp³-hybridized carbons (Fsp3) is 0.455. The molecule has 0 bridgehead atoms. The zero-order valence-electron chi connectivity index (χ0n) is 8.11. The molecule has 0 atom stereocenters. The first-order chi connectivity index (χ1) is 5.52. The monoisotopic (exact) mass is 166 g/mol. The van der Waals surface area contributed by atoms with E-state index in [1.165, 1.54) is 5.56 Å². The van der Waals surface area contributed by atoms with Crippen molar-refractivity contribution in [1.82, 2.24) is 0 Å². The van der Waals surface area contributed by atoms with Crippen molar-refractivity contribution >= 4 is 0 Å². The third-order valence-corrected chi connectivity index (χ3v) is 2.24. The van der Waals surface area contributed by atoms with Gasteiger partial charge in [-0.3, -0.25) is 0 Å². The topological polar surface area (TPSA) is 0 Å². The van der Waals surface area contributed by atoms with Gasteiger partial charge in [0, 0.05) is 0 Å². The molecule has 0 heterocycles. The van der Waals surface area contributed by atoms with Crippen molar-refractivity contribution in [2.75, 3.05) is 0 Å². The summed E-state index contributed by atoms with van der Waals surface area (Å²) in [6, 6.07) is 3.56. The van der Waals surface area contributed by atoms with Crippen LogP contribution in [0.4, 0.5) is 4.39 Å². The Morgan fingerprint density at radius 1 is 1.08 bits per heavy atom. The summed E-state index contributed by atoms with van der Waals surface area (Å²) in [6.45, 7) is 7.96. The summed E-state index contributed by atoms with van der Waals surface area (Å²) in [5.41, 5.74) is 3.01. The Balaban J connectivity index is 3.23. The lowest BCUT2D eigenvalue weighted by Crippen LogP contribution is -1.95. The minimum absolute atomic E-state index is 0.0758. The summed E-state index contributed by atoms with van der Waals surface area (Å²) >= 11 is 0. The first-order valence-corrected chi connectivity index (χ1v) is 4.29. The molecule has 66 valence electrons. The average Bonchev–Trinajstić information content (AvgIpc) is 1.96. The van der Waals surface area contributed by atoms with Crippen LogP contribution in [0.2, 0.25) is 0 Å². The minimum Gasteiger partial charge on any atom is -0.207 e. The van der Waals surface area contributed by atoms with E-state index in [1.54, 1.807) is 6.07 Å². The van der Waals surface area contributed by atoms with Crippen LogP contribution in [0.25, 0.3) is 0 Å². The molecule has 12 heavy (non-hydrogen) atoms. The van der Waals surface area contributed by atoms with E-state index in [1.807, 2.05) is 33.8 Å². The Kier molecular flexibility index (Phi) is 2.51. The van der Waals surface area contributed by atoms with Crippen molar-refractivity contribution in [3.63, 3.8) is 0 Å². The van der Waals surface area contributed by atoms with E-state index in [-0.39, 0.29) is 11.7 Å². The minimum atomic E-state index is -0.0758. The second-order valence-corrected chi connectivity index (χ2v) is 3.61. The van der Waals surface area contributed by atoms with Crippen molar-refractivity contribution in [1.29, 1.82) is 0 Å². The normalized spacial score (nSPS) is 10.8. The lowest BCUT2D eigenvalue weighted by molar-refractivity contribution is 0.596. The maximum atomic E-state index is 13.3. The average molecular weight is 166 g/mol. The van der Waals surface area contributed by atoms with Gasteiger partial charge in [-0.1, -0.05) is 19.9 Å². The first-order valence-electron chi connectivity index (χ1n) is 4.29. The molecular formula is C11H15F. The van der Waals surface area contributed by atoms with Crippen molar-refractivity contribution in [3.05, 3.63) is 34.6 Å². The van der Waals surface area contributed by atoms with Crippen LogP contribution in [0.3, 0.4) is 0 Å². The van der Waals surface area contributed by atoms with Gasteiger partial charge in [0.15, 0.2) is 0 Å². The predicted molar refractivity (Wildman–Crippen MR) is 50.0 cm³/mol. The van der Waals surface area contributed by atoms with Gasteiger partial charge in [-0.25, -0.2) is 4.39 Å². The van der Waals surface area contributed by atoms with E-state index in [0.717, 1.165) is 11.1 Å². The second-order valence-electron chi connectivity index (χ2n) is 3.61. The summed E-state index contributed by atoms with van der Waals surface area (Å²) in [7, 11) is 0. The van der Waals surface area contributed by atoms with Gasteiger partial charge < -0.3 is 0 Å². The molecule has 0 aromatic heterocycles. The Morgan fingerprint density at radius 3 is 2.08 bits per heavy atom. The summed E-state index contributed by atoms with van der Waals surface area (Å²) < 4.78 is 13.3. The molecule has 0 aliphatic carbocycles. The molecule has 0 saturated heterocycles. The molecule has 0 unspecified atom stereocenters. The summed E-state index contributed by atoms with van der Waals surface area (Å²) in [5, 5.41) is 0. The summed E-state index contributed by atoms with van der Waals surface area (Å²) in [4.78, 5) is 0. The summed E-state index contributed by atoms with van der Waals surface area (Å²) in [5.74, 6) is 0.192. The van der Waals surface area contributed by atoms with Crippen LogP contribution >= 0.6 is 0 Å². The van der Waals surface area contributed by atoms with Gasteiger partial charge in [-0.2, -0.15) is 0 Å². The molecule has 1 heteroatoms. The number of halogens is 1. The molecule has 0 radical (unpaired) electrons. The number of rotatable bonds is 1. The number of hydrogen-bond donors (Lipinski definition) is 0. The molecule has 0 spiro atoms.